The molecule has 3 aliphatic heterocycles. The fourth-order valence-electron chi connectivity index (χ4n) is 13.5. The van der Waals surface area contributed by atoms with Crippen molar-refractivity contribution in [1.29, 1.82) is 0 Å². The Morgan fingerprint density at radius 3 is 1.83 bits per heavy atom. The van der Waals surface area contributed by atoms with Crippen molar-refractivity contribution in [2.24, 2.45) is 23.7 Å². The number of halogens is 4. The van der Waals surface area contributed by atoms with Crippen molar-refractivity contribution in [2.75, 3.05) is 68.5 Å². The van der Waals surface area contributed by atoms with Crippen molar-refractivity contribution in [2.45, 2.75) is 251 Å². The molecule has 5 rings (SSSR count). The Bertz CT molecular complexity index is 3050. The van der Waals surface area contributed by atoms with Crippen LogP contribution in [0.25, 0.3) is 0 Å². The molecular formula is C71H112ClF3N12O12. The summed E-state index contributed by atoms with van der Waals surface area (Å²) in [6.45, 7) is 17.4. The second-order valence-corrected chi connectivity index (χ2v) is 29.8. The number of fused-ring (bicyclic) bond motifs is 1. The minimum Gasteiger partial charge on any atom is -0.343 e. The van der Waals surface area contributed by atoms with Crippen LogP contribution in [-0.4, -0.2) is 238 Å². The third-order valence-electron chi connectivity index (χ3n) is 20.7. The average molecular weight is 1420 g/mol. The fraction of sp³-hybridized carbons (Fsp3) is 0.746. The molecule has 0 aromatic heterocycles. The maximum Gasteiger partial charge on any atom is 0.417 e. The number of unbranched alkanes of at least 4 members (excludes halogenated alkanes) is 1. The Morgan fingerprint density at radius 2 is 1.27 bits per heavy atom. The van der Waals surface area contributed by atoms with Gasteiger partial charge in [-0.05, 0) is 126 Å². The number of carbonyl (C=O) groups excluding carboxylic acids is 12. The van der Waals surface area contributed by atoms with Crippen LogP contribution in [0.15, 0.2) is 18.2 Å². The van der Waals surface area contributed by atoms with Crippen LogP contribution in [0.4, 0.5) is 13.2 Å². The molecule has 0 bridgehead atoms. The number of piperidine rings is 1. The van der Waals surface area contributed by atoms with E-state index in [0.29, 0.717) is 45.2 Å². The smallest absolute Gasteiger partial charge is 0.343 e. The van der Waals surface area contributed by atoms with Crippen LogP contribution in [0.5, 0.6) is 0 Å². The summed E-state index contributed by atoms with van der Waals surface area (Å²) in [7, 11) is 8.40. The molecule has 4 N–H and O–H groups in total. The summed E-state index contributed by atoms with van der Waals surface area (Å²) in [5.74, 6) is -9.15. The molecule has 0 spiro atoms. The number of rotatable bonds is 15. The molecule has 12 amide bonds. The molecule has 1 unspecified atom stereocenters. The van der Waals surface area contributed by atoms with E-state index in [1.165, 1.54) is 88.7 Å². The van der Waals surface area contributed by atoms with Crippen LogP contribution >= 0.6 is 11.6 Å². The summed E-state index contributed by atoms with van der Waals surface area (Å²) in [6.07, 6.45) is 1.78. The molecule has 1 aromatic carbocycles. The van der Waals surface area contributed by atoms with E-state index in [0.717, 1.165) is 58.9 Å². The summed E-state index contributed by atoms with van der Waals surface area (Å²) >= 11 is 6.12. The molecule has 1 aliphatic carbocycles. The van der Waals surface area contributed by atoms with Gasteiger partial charge >= 0.3 is 6.18 Å². The van der Waals surface area contributed by atoms with Gasteiger partial charge in [0.2, 0.25) is 70.9 Å². The average Bonchev–Trinajstić information content (AvgIpc) is 1.29. The monoisotopic (exact) mass is 1420 g/mol. The number of nitrogens with one attached hydrogen (secondary N) is 4. The maximum atomic E-state index is 15.2. The number of likely N-dealkylation sites (tertiary alicyclic amines) is 1. The maximum absolute atomic E-state index is 15.2. The van der Waals surface area contributed by atoms with Crippen LogP contribution in [0.3, 0.4) is 0 Å². The molecule has 24 nitrogen and oxygen atoms in total. The van der Waals surface area contributed by atoms with Gasteiger partial charge in [0.1, 0.15) is 59.9 Å². The SMILES string of the molecule is CCCC[C@@H]1NC(=O)[C@H](CCc2ccc(C(F)(F)F)c(Cl)c2)NC(=O)CN(C)C(=O)[C@H](CC2CCCC2)N(C)C(=O)C2CCN2C(=O)[C@H](C)N(C)C(=O)[C@H]([C@@H](C)CC)NC(=O)[C@H](CC(C)C)N(C)C(=O)C[C@@H](C(=O)N2CCCCC2)N(C)C(=O)[C@H](CC(C)C)NC(=O)C(C)(C)N(C)C1=O. The number of hydrogen-bond acceptors (Lipinski definition) is 12. The first kappa shape index (κ1) is 82.6. The molecular weight excluding hydrogens is 1310 g/mol. The fourth-order valence-corrected chi connectivity index (χ4v) is 13.8. The van der Waals surface area contributed by atoms with E-state index in [-0.39, 0.29) is 74.8 Å². The van der Waals surface area contributed by atoms with Gasteiger partial charge < -0.3 is 60.5 Å². The van der Waals surface area contributed by atoms with E-state index in [4.69, 9.17) is 11.6 Å². The lowest BCUT2D eigenvalue weighted by atomic mass is 9.94. The lowest BCUT2D eigenvalue weighted by molar-refractivity contribution is -0.160. The van der Waals surface area contributed by atoms with E-state index in [9.17, 15) is 65.9 Å². The zero-order chi connectivity index (χ0) is 74.3. The molecule has 4 aliphatic rings. The molecule has 28 heteroatoms. The standard InChI is InChI=1S/C71H112ClF3N12O12/c1-17-19-27-51-64(94)85(16)70(9,10)69(99)78-52(36-42(3)4)63(93)83(14)56(67(97)86-33-23-20-24-34-86)40-58(89)82(13)54(37-43(5)6)61(91)79-59(44(7)18-2)68(98)81(12)45(8)62(92)87-35-32-53(87)66(96)84(15)55(39-46-25-21-22-26-46)65(95)80(11)41-57(88)76-50(60(90)77-51)31-29-47-28-30-48(49(72)38-47)71(73,74)75/h28,30,38,42-46,50-56,59H,17-27,29,31-37,39-41H2,1-16H3,(H,76,88)(H,77,90)(H,78,99)(H,79,91)/t44-,45-,50-,51-,52-,53?,54-,55-,56-,59-/m0/s1. The van der Waals surface area contributed by atoms with Gasteiger partial charge in [-0.1, -0.05) is 111 Å². The van der Waals surface area contributed by atoms with Crippen LogP contribution in [0.1, 0.15) is 190 Å². The van der Waals surface area contributed by atoms with Crippen LogP contribution in [0.2, 0.25) is 5.02 Å². The van der Waals surface area contributed by atoms with Gasteiger partial charge in [-0.15, -0.1) is 0 Å². The van der Waals surface area contributed by atoms with Crippen molar-refractivity contribution in [3.63, 3.8) is 0 Å². The van der Waals surface area contributed by atoms with Gasteiger partial charge in [0.25, 0.3) is 0 Å². The van der Waals surface area contributed by atoms with Crippen molar-refractivity contribution >= 4 is 82.5 Å². The van der Waals surface area contributed by atoms with Gasteiger partial charge in [0.15, 0.2) is 0 Å². The molecule has 99 heavy (non-hydrogen) atoms. The lowest BCUT2D eigenvalue weighted by Gasteiger charge is -2.45. The zero-order valence-electron chi connectivity index (χ0n) is 61.3. The highest BCUT2D eigenvalue weighted by molar-refractivity contribution is 6.31. The number of hydrogen-bond donors (Lipinski definition) is 4. The first-order chi connectivity index (χ1) is 46.3. The van der Waals surface area contributed by atoms with Crippen molar-refractivity contribution in [3.05, 3.63) is 34.3 Å². The van der Waals surface area contributed by atoms with E-state index in [2.05, 4.69) is 21.3 Å². The van der Waals surface area contributed by atoms with Crippen LogP contribution in [0, 0.1) is 23.7 Å². The molecule has 3 saturated heterocycles. The Morgan fingerprint density at radius 1 is 0.646 bits per heavy atom. The normalized spacial score (nSPS) is 26.5. The van der Waals surface area contributed by atoms with Crippen molar-refractivity contribution in [3.8, 4) is 0 Å². The number of carbonyl (C=O) groups is 12. The number of aryl methyl sites for hydroxylation is 1. The Kier molecular flexibility index (Phi) is 30.5. The van der Waals surface area contributed by atoms with Gasteiger partial charge in [-0.25, -0.2) is 0 Å². The highest BCUT2D eigenvalue weighted by Crippen LogP contribution is 2.36. The number of alkyl halides is 3. The van der Waals surface area contributed by atoms with E-state index in [1.54, 1.807) is 11.8 Å². The Balaban J connectivity index is 1.63. The summed E-state index contributed by atoms with van der Waals surface area (Å²) in [5.41, 5.74) is -2.58. The molecule has 1 saturated carbocycles. The van der Waals surface area contributed by atoms with Gasteiger partial charge in [-0.3, -0.25) is 57.5 Å². The summed E-state index contributed by atoms with van der Waals surface area (Å²) in [6, 6.07) is -8.26. The zero-order valence-corrected chi connectivity index (χ0v) is 62.0. The third-order valence-corrected chi connectivity index (χ3v) is 21.1. The van der Waals surface area contributed by atoms with Crippen LogP contribution in [-0.2, 0) is 70.1 Å². The topological polar surface area (TPSA) is 279 Å². The first-order valence-corrected chi connectivity index (χ1v) is 35.9. The van der Waals surface area contributed by atoms with Crippen LogP contribution < -0.4 is 21.3 Å². The minimum atomic E-state index is -4.77. The molecule has 4 fully saturated rings. The largest absolute Gasteiger partial charge is 0.417 e. The summed E-state index contributed by atoms with van der Waals surface area (Å²) < 4.78 is 41.5. The molecule has 0 radical (unpaired) electrons. The number of benzene rings is 1. The predicted octanol–water partition coefficient (Wildman–Crippen LogP) is 6.18. The highest BCUT2D eigenvalue weighted by atomic mass is 35.5. The van der Waals surface area contributed by atoms with Gasteiger partial charge in [0, 0.05) is 61.9 Å². The lowest BCUT2D eigenvalue weighted by Crippen LogP contribution is -2.65. The Labute approximate surface area is 588 Å². The number of amides is 12. The van der Waals surface area contributed by atoms with Crippen molar-refractivity contribution < 1.29 is 70.7 Å². The first-order valence-electron chi connectivity index (χ1n) is 35.5. The van der Waals surface area contributed by atoms with Gasteiger partial charge in [0.05, 0.1) is 23.6 Å². The second-order valence-electron chi connectivity index (χ2n) is 29.4. The number of nitrogens with zero attached hydrogens (tertiary/aromatic N) is 8. The quantitative estimate of drug-likeness (QED) is 0.153. The second kappa shape index (κ2) is 36.5. The van der Waals surface area contributed by atoms with Gasteiger partial charge in [-0.2, -0.15) is 13.2 Å². The van der Waals surface area contributed by atoms with Crippen molar-refractivity contribution in [1.82, 2.24) is 60.5 Å². The summed E-state index contributed by atoms with van der Waals surface area (Å²) in [4.78, 5) is 188. The molecule has 3 heterocycles. The predicted molar refractivity (Wildman–Crippen MR) is 369 cm³/mol. The Hall–Kier alpha value is -7.06. The number of likely N-dealkylation sites (N-methyl/N-ethyl adjacent to an activating group) is 6. The van der Waals surface area contributed by atoms with E-state index < -0.39 is 166 Å². The minimum absolute atomic E-state index is 0.0241. The van der Waals surface area contributed by atoms with E-state index in [1.807, 2.05) is 41.5 Å². The summed E-state index contributed by atoms with van der Waals surface area (Å²) in [5, 5.41) is 10.6. The highest BCUT2D eigenvalue weighted by Gasteiger charge is 2.48. The van der Waals surface area contributed by atoms with E-state index >= 15 is 4.79 Å². The molecule has 1 aromatic rings. The molecule has 556 valence electrons. The molecule has 10 atom stereocenters. The third kappa shape index (κ3) is 21.5.